The molecule has 0 radical (unpaired) electrons. The molecule has 0 fully saturated rings. The molecule has 0 aliphatic heterocycles. The number of hydrogen-bond donors (Lipinski definition) is 0. The van der Waals surface area contributed by atoms with Crippen molar-refractivity contribution in [2.75, 3.05) is 0 Å². The molecule has 30 heavy (non-hydrogen) atoms. The van der Waals surface area contributed by atoms with Crippen LogP contribution in [0.1, 0.15) is 0 Å². The Bertz CT molecular complexity index is 1420. The zero-order valence-electron chi connectivity index (χ0n) is 15.7. The van der Waals surface area contributed by atoms with Gasteiger partial charge in [-0.05, 0) is 59.7 Å². The Morgan fingerprint density at radius 2 is 0.633 bits per heavy atom. The second-order valence-corrected chi connectivity index (χ2v) is 6.83. The number of hydrogen-bond acceptors (Lipinski definition) is 4. The monoisotopic (exact) mass is 430 g/mol. The normalized spacial score (nSPS) is 10.8. The van der Waals surface area contributed by atoms with Gasteiger partial charge < -0.3 is 0 Å². The van der Waals surface area contributed by atoms with Crippen molar-refractivity contribution in [2.45, 2.75) is 0 Å². The molecule has 0 amide bonds. The van der Waals surface area contributed by atoms with Crippen LogP contribution in [-0.2, 0) is 0 Å². The van der Waals surface area contributed by atoms with E-state index in [9.17, 15) is 0 Å². The molecule has 146 valence electrons. The first-order valence-electron chi connectivity index (χ1n) is 9.17. The first-order valence-corrected chi connectivity index (χ1v) is 9.17. The molecule has 0 atom stereocenters. The van der Waals surface area contributed by atoms with Gasteiger partial charge in [0.2, 0.25) is 0 Å². The summed E-state index contributed by atoms with van der Waals surface area (Å²) >= 11 is 0. The van der Waals surface area contributed by atoms with Crippen molar-refractivity contribution in [1.82, 2.24) is 19.9 Å². The summed E-state index contributed by atoms with van der Waals surface area (Å²) in [5, 5.41) is 0. The van der Waals surface area contributed by atoms with Crippen LogP contribution in [0.5, 0.6) is 0 Å². The fourth-order valence-electron chi connectivity index (χ4n) is 3.60. The lowest BCUT2D eigenvalue weighted by atomic mass is 10.0. The van der Waals surface area contributed by atoms with Crippen molar-refractivity contribution in [3.05, 3.63) is 84.9 Å². The van der Waals surface area contributed by atoms with E-state index in [2.05, 4.69) is 24.3 Å². The first kappa shape index (κ1) is 20.0. The lowest BCUT2D eigenvalue weighted by molar-refractivity contribution is 1.39. The Balaban J connectivity index is 0.00000109. The minimum atomic E-state index is 0. The van der Waals surface area contributed by atoms with Gasteiger partial charge in [0.05, 0.1) is 44.1 Å². The van der Waals surface area contributed by atoms with Crippen LogP contribution < -0.4 is 0 Å². The molecule has 6 rings (SSSR count). The van der Waals surface area contributed by atoms with Gasteiger partial charge in [-0.2, -0.15) is 0 Å². The quantitative estimate of drug-likeness (QED) is 0.283. The first-order chi connectivity index (χ1) is 13.8. The van der Waals surface area contributed by atoms with E-state index in [-0.39, 0.29) is 24.8 Å². The molecule has 0 bridgehead atoms. The summed E-state index contributed by atoms with van der Waals surface area (Å²) in [6.07, 6.45) is 0. The van der Waals surface area contributed by atoms with Crippen molar-refractivity contribution in [3.8, 4) is 11.1 Å². The predicted molar refractivity (Wildman–Crippen MR) is 128 cm³/mol. The molecule has 6 heteroatoms. The van der Waals surface area contributed by atoms with Gasteiger partial charge in [-0.1, -0.05) is 36.4 Å². The van der Waals surface area contributed by atoms with Crippen molar-refractivity contribution in [2.24, 2.45) is 0 Å². The molecule has 0 aliphatic carbocycles. The van der Waals surface area contributed by atoms with Crippen LogP contribution in [0.2, 0.25) is 0 Å². The molecule has 2 heterocycles. The van der Waals surface area contributed by atoms with Crippen LogP contribution in [0.3, 0.4) is 0 Å². The zero-order valence-corrected chi connectivity index (χ0v) is 17.3. The molecule has 0 saturated heterocycles. The van der Waals surface area contributed by atoms with E-state index in [1.165, 1.54) is 0 Å². The van der Waals surface area contributed by atoms with Crippen LogP contribution in [0, 0.1) is 0 Å². The SMILES string of the molecule is Cl.Cl.c1ccc2nc3cc(-c4ccc5nc6ccccc6nc5c4)ccc3nc2c1. The highest BCUT2D eigenvalue weighted by Crippen LogP contribution is 2.27. The van der Waals surface area contributed by atoms with Gasteiger partial charge in [-0.25, -0.2) is 19.9 Å². The molecular formula is C24H16Cl2N4. The minimum Gasteiger partial charge on any atom is -0.245 e. The Morgan fingerprint density at radius 3 is 1.00 bits per heavy atom. The number of rotatable bonds is 1. The third kappa shape index (κ3) is 3.30. The van der Waals surface area contributed by atoms with Crippen molar-refractivity contribution in [3.63, 3.8) is 0 Å². The highest BCUT2D eigenvalue weighted by Gasteiger charge is 2.07. The third-order valence-electron chi connectivity index (χ3n) is 5.01. The number of aromatic nitrogens is 4. The maximum atomic E-state index is 4.78. The second kappa shape index (κ2) is 7.82. The zero-order chi connectivity index (χ0) is 18.5. The van der Waals surface area contributed by atoms with E-state index >= 15 is 0 Å². The molecule has 0 aliphatic rings. The topological polar surface area (TPSA) is 51.6 Å². The number of para-hydroxylation sites is 4. The van der Waals surface area contributed by atoms with Gasteiger partial charge in [-0.15, -0.1) is 24.8 Å². The van der Waals surface area contributed by atoms with E-state index in [4.69, 9.17) is 19.9 Å². The Kier molecular flexibility index (Phi) is 5.20. The van der Waals surface area contributed by atoms with Crippen LogP contribution in [0.25, 0.3) is 55.3 Å². The van der Waals surface area contributed by atoms with E-state index in [1.54, 1.807) is 0 Å². The minimum absolute atomic E-state index is 0. The van der Waals surface area contributed by atoms with Gasteiger partial charge in [0, 0.05) is 0 Å². The van der Waals surface area contributed by atoms with E-state index in [0.29, 0.717) is 0 Å². The van der Waals surface area contributed by atoms with Crippen LogP contribution >= 0.6 is 24.8 Å². The van der Waals surface area contributed by atoms with E-state index in [1.807, 2.05) is 60.7 Å². The molecule has 4 nitrogen and oxygen atoms in total. The average Bonchev–Trinajstić information content (AvgIpc) is 2.75. The second-order valence-electron chi connectivity index (χ2n) is 6.83. The smallest absolute Gasteiger partial charge is 0.0900 e. The van der Waals surface area contributed by atoms with E-state index in [0.717, 1.165) is 55.3 Å². The fourth-order valence-corrected chi connectivity index (χ4v) is 3.60. The highest BCUT2D eigenvalue weighted by molar-refractivity contribution is 5.92. The van der Waals surface area contributed by atoms with Gasteiger partial charge in [0.25, 0.3) is 0 Å². The van der Waals surface area contributed by atoms with Crippen molar-refractivity contribution >= 4 is 68.9 Å². The largest absolute Gasteiger partial charge is 0.245 e. The molecule has 0 spiro atoms. The van der Waals surface area contributed by atoms with Crippen LogP contribution in [0.4, 0.5) is 0 Å². The summed E-state index contributed by atoms with van der Waals surface area (Å²) in [5.74, 6) is 0. The molecule has 6 aromatic rings. The van der Waals surface area contributed by atoms with Gasteiger partial charge in [0.1, 0.15) is 0 Å². The maximum absolute atomic E-state index is 4.78. The summed E-state index contributed by atoms with van der Waals surface area (Å²) in [4.78, 5) is 19.0. The number of fused-ring (bicyclic) bond motifs is 4. The maximum Gasteiger partial charge on any atom is 0.0900 e. The molecule has 0 N–H and O–H groups in total. The standard InChI is InChI=1S/C24H14N4.2ClH/c1-3-7-19-17(5-1)25-21-11-9-15(13-23(21)27-19)16-10-12-22-24(14-16)28-20-8-4-2-6-18(20)26-22;;/h1-14H;2*1H. The molecule has 4 aromatic carbocycles. The summed E-state index contributed by atoms with van der Waals surface area (Å²) < 4.78 is 0. The van der Waals surface area contributed by atoms with Gasteiger partial charge >= 0.3 is 0 Å². The van der Waals surface area contributed by atoms with Crippen molar-refractivity contribution < 1.29 is 0 Å². The number of nitrogens with zero attached hydrogens (tertiary/aromatic N) is 4. The molecule has 0 unspecified atom stereocenters. The number of halogens is 2. The summed E-state index contributed by atoms with van der Waals surface area (Å²) in [7, 11) is 0. The summed E-state index contributed by atoms with van der Waals surface area (Å²) in [5.41, 5.74) is 9.39. The third-order valence-corrected chi connectivity index (χ3v) is 5.01. The Hall–Kier alpha value is -3.34. The summed E-state index contributed by atoms with van der Waals surface area (Å²) in [6, 6.07) is 28.3. The molecule has 0 saturated carbocycles. The molecular weight excluding hydrogens is 415 g/mol. The lowest BCUT2D eigenvalue weighted by Crippen LogP contribution is -1.90. The highest BCUT2D eigenvalue weighted by atomic mass is 35.5. The predicted octanol–water partition coefficient (Wildman–Crippen LogP) is 6.39. The number of benzene rings is 4. The van der Waals surface area contributed by atoms with Gasteiger partial charge in [0.15, 0.2) is 0 Å². The summed E-state index contributed by atoms with van der Waals surface area (Å²) in [6.45, 7) is 0. The Labute approximate surface area is 184 Å². The van der Waals surface area contributed by atoms with E-state index < -0.39 is 0 Å². The fraction of sp³-hybridized carbons (Fsp3) is 0. The molecule has 2 aromatic heterocycles. The van der Waals surface area contributed by atoms with Crippen LogP contribution in [-0.4, -0.2) is 19.9 Å². The lowest BCUT2D eigenvalue weighted by Gasteiger charge is -2.07. The Morgan fingerprint density at radius 1 is 0.333 bits per heavy atom. The van der Waals surface area contributed by atoms with Gasteiger partial charge in [-0.3, -0.25) is 0 Å². The van der Waals surface area contributed by atoms with Crippen LogP contribution in [0.15, 0.2) is 84.9 Å². The average molecular weight is 431 g/mol. The van der Waals surface area contributed by atoms with Crippen molar-refractivity contribution in [1.29, 1.82) is 0 Å².